The van der Waals surface area contributed by atoms with Crippen LogP contribution < -0.4 is 5.32 Å². The first kappa shape index (κ1) is 16.9. The Bertz CT molecular complexity index is 1090. The minimum atomic E-state index is -0.119. The largest absolute Gasteiger partial charge is 0.348 e. The maximum Gasteiger partial charge on any atom is 0.252 e. The fraction of sp³-hybridized carbons (Fsp3) is 0.0870. The molecule has 4 heteroatoms. The number of amides is 1. The maximum atomic E-state index is 12.9. The lowest BCUT2D eigenvalue weighted by Gasteiger charge is -2.10. The number of para-hydroxylation sites is 1. The van der Waals surface area contributed by atoms with Crippen LogP contribution in [0.3, 0.4) is 0 Å². The molecule has 0 spiro atoms. The molecule has 0 unspecified atom stereocenters. The highest BCUT2D eigenvalue weighted by Gasteiger charge is 2.14. The molecule has 2 aromatic carbocycles. The van der Waals surface area contributed by atoms with E-state index in [9.17, 15) is 4.79 Å². The molecule has 4 aromatic rings. The first-order chi connectivity index (χ1) is 13.2. The van der Waals surface area contributed by atoms with Crippen molar-refractivity contribution in [2.45, 2.75) is 13.5 Å². The molecule has 2 heterocycles. The summed E-state index contributed by atoms with van der Waals surface area (Å²) in [6, 6.07) is 23.3. The second kappa shape index (κ2) is 7.38. The van der Waals surface area contributed by atoms with Gasteiger partial charge in [0.2, 0.25) is 0 Å². The van der Waals surface area contributed by atoms with Gasteiger partial charge >= 0.3 is 0 Å². The summed E-state index contributed by atoms with van der Waals surface area (Å²) >= 11 is 0. The third-order valence-corrected chi connectivity index (χ3v) is 4.46. The molecular weight excluding hydrogens is 334 g/mol. The van der Waals surface area contributed by atoms with Crippen LogP contribution in [-0.2, 0) is 6.54 Å². The SMILES string of the molecule is Cc1ccc(CNC(=O)c2cc(-c3ccccn3)nc3ccccc23)cc1. The van der Waals surface area contributed by atoms with Crippen molar-refractivity contribution in [3.8, 4) is 11.4 Å². The van der Waals surface area contributed by atoms with E-state index in [0.29, 0.717) is 17.8 Å². The first-order valence-electron chi connectivity index (χ1n) is 8.85. The number of fused-ring (bicyclic) bond motifs is 1. The van der Waals surface area contributed by atoms with Crippen LogP contribution in [0.4, 0.5) is 0 Å². The number of rotatable bonds is 4. The molecule has 0 aliphatic rings. The van der Waals surface area contributed by atoms with Crippen LogP contribution in [-0.4, -0.2) is 15.9 Å². The Balaban J connectivity index is 1.69. The zero-order valence-electron chi connectivity index (χ0n) is 15.0. The van der Waals surface area contributed by atoms with Crippen molar-refractivity contribution < 1.29 is 4.79 Å². The van der Waals surface area contributed by atoms with Crippen molar-refractivity contribution in [2.75, 3.05) is 0 Å². The van der Waals surface area contributed by atoms with Gasteiger partial charge in [-0.3, -0.25) is 9.78 Å². The highest BCUT2D eigenvalue weighted by atomic mass is 16.1. The zero-order chi connectivity index (χ0) is 18.6. The van der Waals surface area contributed by atoms with Gasteiger partial charge in [0.25, 0.3) is 5.91 Å². The molecule has 0 saturated carbocycles. The van der Waals surface area contributed by atoms with Crippen LogP contribution in [0.5, 0.6) is 0 Å². The average Bonchev–Trinajstić information content (AvgIpc) is 2.73. The van der Waals surface area contributed by atoms with Crippen molar-refractivity contribution >= 4 is 16.8 Å². The third-order valence-electron chi connectivity index (χ3n) is 4.46. The standard InChI is InChI=1S/C23H19N3O/c1-16-9-11-17(12-10-16)15-25-23(27)19-14-22(21-8-4-5-13-24-21)26-20-7-3-2-6-18(19)20/h2-14H,15H2,1H3,(H,25,27). The minimum absolute atomic E-state index is 0.119. The second-order valence-electron chi connectivity index (χ2n) is 6.46. The van der Waals surface area contributed by atoms with Crippen LogP contribution >= 0.6 is 0 Å². The maximum absolute atomic E-state index is 12.9. The molecule has 0 radical (unpaired) electrons. The molecule has 0 aliphatic heterocycles. The van der Waals surface area contributed by atoms with Gasteiger partial charge in [-0.05, 0) is 36.8 Å². The van der Waals surface area contributed by atoms with E-state index in [1.807, 2.05) is 79.7 Å². The number of benzene rings is 2. The molecule has 4 rings (SSSR count). The number of hydrogen-bond donors (Lipinski definition) is 1. The van der Waals surface area contributed by atoms with Crippen molar-refractivity contribution in [1.82, 2.24) is 15.3 Å². The number of nitrogens with zero attached hydrogens (tertiary/aromatic N) is 2. The molecule has 0 saturated heterocycles. The molecule has 0 fully saturated rings. The van der Waals surface area contributed by atoms with Crippen LogP contribution in [0.25, 0.3) is 22.3 Å². The summed E-state index contributed by atoms with van der Waals surface area (Å²) in [5.74, 6) is -0.119. The minimum Gasteiger partial charge on any atom is -0.348 e. The predicted molar refractivity (Wildman–Crippen MR) is 107 cm³/mol. The van der Waals surface area contributed by atoms with Gasteiger partial charge in [-0.25, -0.2) is 4.98 Å². The van der Waals surface area contributed by atoms with Crippen molar-refractivity contribution in [1.29, 1.82) is 0 Å². The molecule has 0 aliphatic carbocycles. The van der Waals surface area contributed by atoms with E-state index in [0.717, 1.165) is 22.2 Å². The Morgan fingerprint density at radius 2 is 1.70 bits per heavy atom. The second-order valence-corrected chi connectivity index (χ2v) is 6.46. The number of hydrogen-bond acceptors (Lipinski definition) is 3. The summed E-state index contributed by atoms with van der Waals surface area (Å²) in [7, 11) is 0. The average molecular weight is 353 g/mol. The lowest BCUT2D eigenvalue weighted by atomic mass is 10.1. The van der Waals surface area contributed by atoms with E-state index in [1.165, 1.54) is 5.56 Å². The smallest absolute Gasteiger partial charge is 0.252 e. The fourth-order valence-electron chi connectivity index (χ4n) is 2.99. The molecular formula is C23H19N3O. The Hall–Kier alpha value is -3.53. The number of carbonyl (C=O) groups is 1. The van der Waals surface area contributed by atoms with E-state index in [1.54, 1.807) is 6.20 Å². The summed E-state index contributed by atoms with van der Waals surface area (Å²) in [5.41, 5.74) is 5.09. The fourth-order valence-corrected chi connectivity index (χ4v) is 2.99. The number of aryl methyl sites for hydroxylation is 1. The highest BCUT2D eigenvalue weighted by molar-refractivity contribution is 6.07. The van der Waals surface area contributed by atoms with Gasteiger partial charge in [-0.1, -0.05) is 54.1 Å². The van der Waals surface area contributed by atoms with Crippen LogP contribution in [0, 0.1) is 6.92 Å². The molecule has 0 bridgehead atoms. The number of nitrogens with one attached hydrogen (secondary N) is 1. The van der Waals surface area contributed by atoms with Gasteiger partial charge in [-0.15, -0.1) is 0 Å². The van der Waals surface area contributed by atoms with Crippen LogP contribution in [0.2, 0.25) is 0 Å². The Morgan fingerprint density at radius 3 is 2.48 bits per heavy atom. The normalized spacial score (nSPS) is 10.7. The van der Waals surface area contributed by atoms with Gasteiger partial charge < -0.3 is 5.32 Å². The van der Waals surface area contributed by atoms with Crippen molar-refractivity contribution in [2.24, 2.45) is 0 Å². The predicted octanol–water partition coefficient (Wildman–Crippen LogP) is 4.54. The van der Waals surface area contributed by atoms with Gasteiger partial charge in [0.05, 0.1) is 22.5 Å². The Morgan fingerprint density at radius 1 is 0.926 bits per heavy atom. The molecule has 1 amide bonds. The summed E-state index contributed by atoms with van der Waals surface area (Å²) in [4.78, 5) is 22.0. The van der Waals surface area contributed by atoms with Crippen molar-refractivity contribution in [3.63, 3.8) is 0 Å². The summed E-state index contributed by atoms with van der Waals surface area (Å²) < 4.78 is 0. The molecule has 4 nitrogen and oxygen atoms in total. The molecule has 2 aromatic heterocycles. The van der Waals surface area contributed by atoms with E-state index < -0.39 is 0 Å². The molecule has 132 valence electrons. The van der Waals surface area contributed by atoms with Gasteiger partial charge in [-0.2, -0.15) is 0 Å². The lowest BCUT2D eigenvalue weighted by Crippen LogP contribution is -2.23. The zero-order valence-corrected chi connectivity index (χ0v) is 15.0. The summed E-state index contributed by atoms with van der Waals surface area (Å²) in [5, 5.41) is 3.85. The number of aromatic nitrogens is 2. The highest BCUT2D eigenvalue weighted by Crippen LogP contribution is 2.23. The monoisotopic (exact) mass is 353 g/mol. The molecule has 27 heavy (non-hydrogen) atoms. The Kier molecular flexibility index (Phi) is 4.62. The number of pyridine rings is 2. The van der Waals surface area contributed by atoms with Gasteiger partial charge in [0, 0.05) is 18.1 Å². The molecule has 0 atom stereocenters. The van der Waals surface area contributed by atoms with Crippen molar-refractivity contribution in [3.05, 3.63) is 95.7 Å². The Labute approximate surface area is 157 Å². The van der Waals surface area contributed by atoms with Gasteiger partial charge in [0.1, 0.15) is 0 Å². The lowest BCUT2D eigenvalue weighted by molar-refractivity contribution is 0.0952. The molecule has 1 N–H and O–H groups in total. The summed E-state index contributed by atoms with van der Waals surface area (Å²) in [6.07, 6.45) is 1.73. The summed E-state index contributed by atoms with van der Waals surface area (Å²) in [6.45, 7) is 2.53. The topological polar surface area (TPSA) is 54.9 Å². The van der Waals surface area contributed by atoms with Crippen LogP contribution in [0.15, 0.2) is 79.0 Å². The van der Waals surface area contributed by atoms with E-state index in [-0.39, 0.29) is 5.91 Å². The van der Waals surface area contributed by atoms with Gasteiger partial charge in [0.15, 0.2) is 0 Å². The van der Waals surface area contributed by atoms with E-state index in [2.05, 4.69) is 15.3 Å². The first-order valence-corrected chi connectivity index (χ1v) is 8.85. The van der Waals surface area contributed by atoms with E-state index in [4.69, 9.17) is 0 Å². The third kappa shape index (κ3) is 3.70. The van der Waals surface area contributed by atoms with Crippen LogP contribution in [0.1, 0.15) is 21.5 Å². The van der Waals surface area contributed by atoms with E-state index >= 15 is 0 Å². The quantitative estimate of drug-likeness (QED) is 0.586. The number of carbonyl (C=O) groups excluding carboxylic acids is 1.